The standard InChI is InChI=1S/C28H31F3N4O5S/c1-27(2,3)40-23(36)18-35-24(20-12-14-21(15-13-20)41(4,39)34-26(38)28(29,30)31)33-17-22(25(35)37)32-16-8-11-19-9-6-5-7-10-19/h5-7,9-10,12-15,17,32H,8,11,16,18H2,1-4H3. The highest BCUT2D eigenvalue weighted by Gasteiger charge is 2.39. The molecule has 2 aromatic carbocycles. The van der Waals surface area contributed by atoms with E-state index >= 15 is 0 Å². The van der Waals surface area contributed by atoms with Crippen molar-refractivity contribution in [2.75, 3.05) is 18.1 Å². The van der Waals surface area contributed by atoms with Crippen molar-refractivity contribution in [1.82, 2.24) is 9.55 Å². The molecule has 1 amide bonds. The summed E-state index contributed by atoms with van der Waals surface area (Å²) in [5, 5.41) is 3.06. The van der Waals surface area contributed by atoms with Gasteiger partial charge in [0.15, 0.2) is 0 Å². The van der Waals surface area contributed by atoms with E-state index in [0.29, 0.717) is 12.1 Å². The smallest absolute Gasteiger partial charge is 0.459 e. The van der Waals surface area contributed by atoms with Crippen LogP contribution in [0.15, 0.2) is 74.8 Å². The van der Waals surface area contributed by atoms with Crippen LogP contribution in [-0.4, -0.2) is 50.2 Å². The number of halogens is 3. The molecular weight excluding hydrogens is 561 g/mol. The SMILES string of the molecule is CC(C)(C)OC(=O)Cn1c(-c2ccc(S(C)(=O)=NC(=O)C(F)(F)F)cc2)ncc(NCCCc2ccccc2)c1=O. The second-order valence-corrected chi connectivity index (χ2v) is 12.5. The van der Waals surface area contributed by atoms with Gasteiger partial charge >= 0.3 is 18.1 Å². The van der Waals surface area contributed by atoms with Gasteiger partial charge in [0.05, 0.1) is 15.9 Å². The van der Waals surface area contributed by atoms with Crippen molar-refractivity contribution in [3.05, 3.63) is 76.7 Å². The van der Waals surface area contributed by atoms with Crippen molar-refractivity contribution >= 4 is 27.3 Å². The molecule has 0 bridgehead atoms. The van der Waals surface area contributed by atoms with E-state index in [2.05, 4.69) is 14.7 Å². The molecule has 0 spiro atoms. The normalized spacial score (nSPS) is 13.2. The van der Waals surface area contributed by atoms with E-state index in [0.717, 1.165) is 29.2 Å². The third-order valence-corrected chi connectivity index (χ3v) is 7.27. The van der Waals surface area contributed by atoms with Crippen LogP contribution in [0.1, 0.15) is 32.8 Å². The lowest BCUT2D eigenvalue weighted by Gasteiger charge is -2.21. The van der Waals surface area contributed by atoms with E-state index in [4.69, 9.17) is 4.74 Å². The zero-order chi connectivity index (χ0) is 30.4. The summed E-state index contributed by atoms with van der Waals surface area (Å²) in [7, 11) is -3.71. The van der Waals surface area contributed by atoms with Crippen LogP contribution in [0, 0.1) is 0 Å². The molecule has 9 nitrogen and oxygen atoms in total. The number of hydrogen-bond acceptors (Lipinski definition) is 7. The van der Waals surface area contributed by atoms with Crippen LogP contribution in [0.3, 0.4) is 0 Å². The average Bonchev–Trinajstić information content (AvgIpc) is 2.87. The van der Waals surface area contributed by atoms with Crippen molar-refractivity contribution in [3.8, 4) is 11.4 Å². The van der Waals surface area contributed by atoms with Crippen molar-refractivity contribution in [2.45, 2.75) is 56.8 Å². The molecule has 1 heterocycles. The van der Waals surface area contributed by atoms with Gasteiger partial charge in [-0.2, -0.15) is 13.2 Å². The highest BCUT2D eigenvalue weighted by atomic mass is 32.2. The van der Waals surface area contributed by atoms with E-state index in [1.54, 1.807) is 20.8 Å². The van der Waals surface area contributed by atoms with Gasteiger partial charge in [0, 0.05) is 23.3 Å². The van der Waals surface area contributed by atoms with Crippen LogP contribution >= 0.6 is 0 Å². The summed E-state index contributed by atoms with van der Waals surface area (Å²) >= 11 is 0. The molecule has 0 aliphatic heterocycles. The number of hydrogen-bond donors (Lipinski definition) is 1. The molecule has 0 aliphatic rings. The third-order valence-electron chi connectivity index (χ3n) is 5.60. The van der Waals surface area contributed by atoms with Gasteiger partial charge in [-0.1, -0.05) is 42.5 Å². The van der Waals surface area contributed by atoms with Crippen LogP contribution in [0.2, 0.25) is 0 Å². The van der Waals surface area contributed by atoms with E-state index < -0.39 is 45.5 Å². The second kappa shape index (κ2) is 12.7. The molecule has 1 N–H and O–H groups in total. The summed E-state index contributed by atoms with van der Waals surface area (Å²) in [4.78, 5) is 41.6. The van der Waals surface area contributed by atoms with Gasteiger partial charge in [-0.3, -0.25) is 19.0 Å². The maximum atomic E-state index is 13.4. The van der Waals surface area contributed by atoms with E-state index in [1.165, 1.54) is 30.5 Å². The van der Waals surface area contributed by atoms with Gasteiger partial charge < -0.3 is 10.1 Å². The van der Waals surface area contributed by atoms with Gasteiger partial charge in [0.1, 0.15) is 23.7 Å². The first kappa shape index (κ1) is 31.5. The summed E-state index contributed by atoms with van der Waals surface area (Å²) < 4.78 is 60.0. The zero-order valence-electron chi connectivity index (χ0n) is 23.0. The lowest BCUT2D eigenvalue weighted by Crippen LogP contribution is -2.33. The fourth-order valence-corrected chi connectivity index (χ4v) is 4.94. The maximum Gasteiger partial charge on any atom is 0.474 e. The molecule has 0 fully saturated rings. The molecule has 13 heteroatoms. The number of ether oxygens (including phenoxy) is 1. The largest absolute Gasteiger partial charge is 0.474 e. The van der Waals surface area contributed by atoms with Crippen molar-refractivity contribution in [2.24, 2.45) is 4.36 Å². The van der Waals surface area contributed by atoms with E-state index in [9.17, 15) is 31.8 Å². The molecule has 41 heavy (non-hydrogen) atoms. The number of carbonyl (C=O) groups excluding carboxylic acids is 2. The number of amides is 1. The molecule has 1 aromatic heterocycles. The number of aromatic nitrogens is 2. The Morgan fingerprint density at radius 1 is 1.05 bits per heavy atom. The van der Waals surface area contributed by atoms with Crippen molar-refractivity contribution in [1.29, 1.82) is 0 Å². The second-order valence-electron chi connectivity index (χ2n) is 10.2. The molecular formula is C28H31F3N4O5S. The minimum absolute atomic E-state index is 0.0770. The Bertz CT molecular complexity index is 1570. The van der Waals surface area contributed by atoms with Crippen LogP contribution in [0.5, 0.6) is 0 Å². The van der Waals surface area contributed by atoms with Gasteiger partial charge in [0.25, 0.3) is 5.56 Å². The quantitative estimate of drug-likeness (QED) is 0.279. The lowest BCUT2D eigenvalue weighted by molar-refractivity contribution is -0.169. The number of rotatable bonds is 9. The molecule has 1 unspecified atom stereocenters. The van der Waals surface area contributed by atoms with E-state index in [1.807, 2.05) is 30.3 Å². The third kappa shape index (κ3) is 9.00. The number of benzene rings is 2. The van der Waals surface area contributed by atoms with Gasteiger partial charge in [-0.15, -0.1) is 4.36 Å². The minimum atomic E-state index is -5.25. The Balaban J connectivity index is 1.91. The predicted molar refractivity (Wildman–Crippen MR) is 149 cm³/mol. The molecule has 1 atom stereocenters. The van der Waals surface area contributed by atoms with Gasteiger partial charge in [-0.05, 0) is 51.3 Å². The number of nitrogens with zero attached hydrogens (tertiary/aromatic N) is 3. The van der Waals surface area contributed by atoms with Gasteiger partial charge in [-0.25, -0.2) is 9.19 Å². The average molecular weight is 593 g/mol. The van der Waals surface area contributed by atoms with Crippen LogP contribution < -0.4 is 10.9 Å². The summed E-state index contributed by atoms with van der Waals surface area (Å²) in [6, 6.07) is 15.0. The Kier molecular flexibility index (Phi) is 9.74. The summed E-state index contributed by atoms with van der Waals surface area (Å²) in [5.74, 6) is -3.05. The first-order valence-electron chi connectivity index (χ1n) is 12.6. The molecule has 0 aliphatic carbocycles. The highest BCUT2D eigenvalue weighted by molar-refractivity contribution is 7.93. The van der Waals surface area contributed by atoms with E-state index in [-0.39, 0.29) is 16.4 Å². The molecule has 220 valence electrons. The molecule has 0 saturated carbocycles. The zero-order valence-corrected chi connectivity index (χ0v) is 23.8. The summed E-state index contributed by atoms with van der Waals surface area (Å²) in [6.45, 7) is 5.07. The number of carbonyl (C=O) groups is 2. The monoisotopic (exact) mass is 592 g/mol. The van der Waals surface area contributed by atoms with Crippen LogP contribution in [0.25, 0.3) is 11.4 Å². The lowest BCUT2D eigenvalue weighted by atomic mass is 10.1. The summed E-state index contributed by atoms with van der Waals surface area (Å²) in [5.41, 5.74) is 0.294. The maximum absolute atomic E-state index is 13.4. The number of anilines is 1. The predicted octanol–water partition coefficient (Wildman–Crippen LogP) is 4.84. The molecule has 0 radical (unpaired) electrons. The Morgan fingerprint density at radius 2 is 1.68 bits per heavy atom. The van der Waals surface area contributed by atoms with Crippen LogP contribution in [-0.2, 0) is 37.0 Å². The number of alkyl halides is 3. The topological polar surface area (TPSA) is 120 Å². The van der Waals surface area contributed by atoms with Crippen molar-refractivity contribution < 1.29 is 31.7 Å². The Labute approximate surface area is 235 Å². The minimum Gasteiger partial charge on any atom is -0.459 e. The molecule has 0 saturated heterocycles. The summed E-state index contributed by atoms with van der Waals surface area (Å²) in [6.07, 6.45) is -1.48. The fraction of sp³-hybridized carbons (Fsp3) is 0.357. The molecule has 3 aromatic rings. The number of nitrogens with one attached hydrogen (secondary N) is 1. The van der Waals surface area contributed by atoms with Crippen molar-refractivity contribution in [3.63, 3.8) is 0 Å². The molecule has 3 rings (SSSR count). The Morgan fingerprint density at radius 3 is 2.27 bits per heavy atom. The number of aryl methyl sites for hydroxylation is 1. The Hall–Kier alpha value is -4.00. The first-order valence-corrected chi connectivity index (χ1v) is 14.5. The fourth-order valence-electron chi connectivity index (χ4n) is 3.77. The highest BCUT2D eigenvalue weighted by Crippen LogP contribution is 2.23. The number of esters is 1. The van der Waals surface area contributed by atoms with Gasteiger partial charge in [0.2, 0.25) is 0 Å². The first-order chi connectivity index (χ1) is 19.1. The van der Waals surface area contributed by atoms with Crippen LogP contribution in [0.4, 0.5) is 18.9 Å².